The predicted octanol–water partition coefficient (Wildman–Crippen LogP) is 0.646. The third-order valence-electron chi connectivity index (χ3n) is 3.19. The molecule has 0 radical (unpaired) electrons. The van der Waals surface area contributed by atoms with Crippen LogP contribution in [0.5, 0.6) is 0 Å². The number of thioether (sulfide) groups is 1. The lowest BCUT2D eigenvalue weighted by Gasteiger charge is -2.18. The van der Waals surface area contributed by atoms with Gasteiger partial charge in [-0.2, -0.15) is 0 Å². The standard InChI is InChI=1S/C13H17N3O4S2/c1-8(17)15-11-7-9(3-5-14-11)12(18)16-13-10(4-6-21-13)22(2,19)20/h3,5,7,10,13H,4,6H2,1-2H3,(H,16,18)(H,14,15,17). The summed E-state index contributed by atoms with van der Waals surface area (Å²) in [7, 11) is -3.21. The highest BCUT2D eigenvalue weighted by molar-refractivity contribution is 8.02. The van der Waals surface area contributed by atoms with Crippen LogP contribution in [-0.4, -0.2) is 47.8 Å². The zero-order chi connectivity index (χ0) is 16.3. The summed E-state index contributed by atoms with van der Waals surface area (Å²) in [6, 6.07) is 2.96. The van der Waals surface area contributed by atoms with Crippen LogP contribution in [0, 0.1) is 0 Å². The minimum absolute atomic E-state index is 0.277. The second kappa shape index (κ2) is 6.66. The fourth-order valence-corrected chi connectivity index (χ4v) is 5.41. The molecule has 2 heterocycles. The van der Waals surface area contributed by atoms with Crippen molar-refractivity contribution in [2.24, 2.45) is 0 Å². The van der Waals surface area contributed by atoms with Gasteiger partial charge in [0.05, 0.1) is 10.6 Å². The van der Waals surface area contributed by atoms with E-state index in [9.17, 15) is 18.0 Å². The molecule has 7 nitrogen and oxygen atoms in total. The molecule has 120 valence electrons. The summed E-state index contributed by atoms with van der Waals surface area (Å²) in [4.78, 5) is 27.2. The summed E-state index contributed by atoms with van der Waals surface area (Å²) in [5.41, 5.74) is 0.318. The number of nitrogens with one attached hydrogen (secondary N) is 2. The number of hydrogen-bond donors (Lipinski definition) is 2. The maximum Gasteiger partial charge on any atom is 0.252 e. The van der Waals surface area contributed by atoms with Crippen LogP contribution in [0.2, 0.25) is 0 Å². The molecule has 1 aliphatic rings. The van der Waals surface area contributed by atoms with Crippen molar-refractivity contribution in [1.82, 2.24) is 10.3 Å². The van der Waals surface area contributed by atoms with Crippen LogP contribution in [-0.2, 0) is 14.6 Å². The Labute approximate surface area is 133 Å². The monoisotopic (exact) mass is 343 g/mol. The average molecular weight is 343 g/mol. The van der Waals surface area contributed by atoms with Crippen molar-refractivity contribution >= 4 is 39.2 Å². The molecule has 1 aromatic rings. The number of carbonyl (C=O) groups is 2. The van der Waals surface area contributed by atoms with Gasteiger partial charge < -0.3 is 10.6 Å². The summed E-state index contributed by atoms with van der Waals surface area (Å²) in [6.07, 6.45) is 3.13. The molecule has 2 N–H and O–H groups in total. The third kappa shape index (κ3) is 4.20. The molecule has 1 aliphatic heterocycles. The summed E-state index contributed by atoms with van der Waals surface area (Å²) in [5, 5.41) is 4.20. The molecular formula is C13H17N3O4S2. The van der Waals surface area contributed by atoms with Crippen molar-refractivity contribution in [3.05, 3.63) is 23.9 Å². The van der Waals surface area contributed by atoms with Crippen molar-refractivity contribution in [2.75, 3.05) is 17.3 Å². The number of amides is 2. The zero-order valence-corrected chi connectivity index (χ0v) is 13.8. The normalized spacial score (nSPS) is 21.4. The Bertz CT molecular complexity index is 690. The number of rotatable bonds is 4. The Kier molecular flexibility index (Phi) is 5.07. The van der Waals surface area contributed by atoms with Gasteiger partial charge in [-0.15, -0.1) is 11.8 Å². The molecule has 1 fully saturated rings. The Morgan fingerprint density at radius 2 is 2.14 bits per heavy atom. The van der Waals surface area contributed by atoms with E-state index < -0.39 is 20.5 Å². The van der Waals surface area contributed by atoms with Gasteiger partial charge in [-0.05, 0) is 24.3 Å². The smallest absolute Gasteiger partial charge is 0.252 e. The first-order valence-corrected chi connectivity index (χ1v) is 9.62. The molecule has 0 spiro atoms. The number of pyridine rings is 1. The molecule has 1 saturated heterocycles. The zero-order valence-electron chi connectivity index (χ0n) is 12.2. The van der Waals surface area contributed by atoms with E-state index in [0.717, 1.165) is 0 Å². The molecule has 9 heteroatoms. The molecule has 2 rings (SSSR count). The summed E-state index contributed by atoms with van der Waals surface area (Å²) in [6.45, 7) is 1.35. The number of anilines is 1. The van der Waals surface area contributed by atoms with E-state index in [2.05, 4.69) is 15.6 Å². The predicted molar refractivity (Wildman–Crippen MR) is 85.5 cm³/mol. The second-order valence-corrected chi connectivity index (χ2v) is 8.55. The van der Waals surface area contributed by atoms with E-state index in [1.54, 1.807) is 0 Å². The van der Waals surface area contributed by atoms with Crippen LogP contribution in [0.3, 0.4) is 0 Å². The Morgan fingerprint density at radius 1 is 1.41 bits per heavy atom. The van der Waals surface area contributed by atoms with Crippen LogP contribution >= 0.6 is 11.8 Å². The first-order chi connectivity index (χ1) is 10.3. The van der Waals surface area contributed by atoms with E-state index >= 15 is 0 Å². The van der Waals surface area contributed by atoms with Crippen LogP contribution in [0.4, 0.5) is 5.82 Å². The lowest BCUT2D eigenvalue weighted by atomic mass is 10.2. The van der Waals surface area contributed by atoms with Crippen molar-refractivity contribution in [3.8, 4) is 0 Å². The van der Waals surface area contributed by atoms with Gasteiger partial charge >= 0.3 is 0 Å². The molecule has 2 atom stereocenters. The summed E-state index contributed by atoms with van der Waals surface area (Å²) >= 11 is 1.42. The highest BCUT2D eigenvalue weighted by Gasteiger charge is 2.36. The van der Waals surface area contributed by atoms with E-state index in [4.69, 9.17) is 0 Å². The van der Waals surface area contributed by atoms with E-state index in [1.807, 2.05) is 0 Å². The number of nitrogens with zero attached hydrogens (tertiary/aromatic N) is 1. The van der Waals surface area contributed by atoms with Gasteiger partial charge in [0.15, 0.2) is 9.84 Å². The van der Waals surface area contributed by atoms with Gasteiger partial charge in [0, 0.05) is 24.9 Å². The van der Waals surface area contributed by atoms with Crippen molar-refractivity contribution in [2.45, 2.75) is 24.0 Å². The first kappa shape index (κ1) is 16.8. The van der Waals surface area contributed by atoms with Crippen LogP contribution < -0.4 is 10.6 Å². The van der Waals surface area contributed by atoms with Crippen molar-refractivity contribution in [3.63, 3.8) is 0 Å². The molecule has 2 amide bonds. The third-order valence-corrected chi connectivity index (χ3v) is 6.24. The maximum absolute atomic E-state index is 12.3. The average Bonchev–Trinajstić information content (AvgIpc) is 2.86. The van der Waals surface area contributed by atoms with Gasteiger partial charge in [-0.25, -0.2) is 13.4 Å². The largest absolute Gasteiger partial charge is 0.339 e. The SMILES string of the molecule is CC(=O)Nc1cc(C(=O)NC2SCCC2S(C)(=O)=O)ccn1. The summed E-state index contributed by atoms with van der Waals surface area (Å²) < 4.78 is 23.4. The molecule has 2 unspecified atom stereocenters. The van der Waals surface area contributed by atoms with Crippen LogP contribution in [0.25, 0.3) is 0 Å². The fourth-order valence-electron chi connectivity index (χ4n) is 2.18. The van der Waals surface area contributed by atoms with Gasteiger partial charge in [-0.3, -0.25) is 9.59 Å². The van der Waals surface area contributed by atoms with E-state index in [-0.39, 0.29) is 17.6 Å². The highest BCUT2D eigenvalue weighted by atomic mass is 32.2. The van der Waals surface area contributed by atoms with Crippen LogP contribution in [0.1, 0.15) is 23.7 Å². The molecular weight excluding hydrogens is 326 g/mol. The lowest BCUT2D eigenvalue weighted by Crippen LogP contribution is -2.41. The molecule has 0 aliphatic carbocycles. The second-order valence-electron chi connectivity index (χ2n) is 5.03. The minimum Gasteiger partial charge on any atom is -0.339 e. The number of carbonyl (C=O) groups excluding carboxylic acids is 2. The lowest BCUT2D eigenvalue weighted by molar-refractivity contribution is -0.114. The Morgan fingerprint density at radius 3 is 2.77 bits per heavy atom. The number of aromatic nitrogens is 1. The summed E-state index contributed by atoms with van der Waals surface area (Å²) in [5.74, 6) is 0.297. The van der Waals surface area contributed by atoms with Crippen LogP contribution in [0.15, 0.2) is 18.3 Å². The van der Waals surface area contributed by atoms with Crippen molar-refractivity contribution < 1.29 is 18.0 Å². The molecule has 0 saturated carbocycles. The highest BCUT2D eigenvalue weighted by Crippen LogP contribution is 2.29. The fraction of sp³-hybridized carbons (Fsp3) is 0.462. The Hall–Kier alpha value is -1.61. The van der Waals surface area contributed by atoms with Gasteiger partial charge in [-0.1, -0.05) is 0 Å². The molecule has 0 aromatic carbocycles. The van der Waals surface area contributed by atoms with E-state index in [1.165, 1.54) is 43.3 Å². The van der Waals surface area contributed by atoms with Crippen molar-refractivity contribution in [1.29, 1.82) is 0 Å². The van der Waals surface area contributed by atoms with Gasteiger partial charge in [0.1, 0.15) is 5.82 Å². The van der Waals surface area contributed by atoms with Gasteiger partial charge in [0.25, 0.3) is 5.91 Å². The Balaban J connectivity index is 2.10. The number of sulfone groups is 1. The molecule has 22 heavy (non-hydrogen) atoms. The molecule has 1 aromatic heterocycles. The minimum atomic E-state index is -3.21. The topological polar surface area (TPSA) is 105 Å². The quantitative estimate of drug-likeness (QED) is 0.831. The molecule has 0 bridgehead atoms. The number of hydrogen-bond acceptors (Lipinski definition) is 6. The van der Waals surface area contributed by atoms with Gasteiger partial charge in [0.2, 0.25) is 5.91 Å². The van der Waals surface area contributed by atoms with E-state index in [0.29, 0.717) is 17.7 Å². The maximum atomic E-state index is 12.3. The first-order valence-electron chi connectivity index (χ1n) is 6.62.